The number of pyridine rings is 2. The Morgan fingerprint density at radius 2 is 1.37 bits per heavy atom. The van der Waals surface area contributed by atoms with Crippen molar-refractivity contribution in [3.63, 3.8) is 0 Å². The SMILES string of the molecule is [C-]#[N+]/C([S-])=C(/[S-])C#N.[Pt+2].c1cnc2c(c1)ccc1ccc3cccnc3c12. The predicted molar refractivity (Wildman–Crippen MR) is 109 cm³/mol. The van der Waals surface area contributed by atoms with Crippen molar-refractivity contribution in [1.82, 2.24) is 9.97 Å². The zero-order valence-corrected chi connectivity index (χ0v) is 17.6. The molecule has 27 heavy (non-hydrogen) atoms. The number of nitriles is 1. The minimum atomic E-state index is -0.123. The van der Waals surface area contributed by atoms with Crippen LogP contribution in [-0.2, 0) is 46.3 Å². The van der Waals surface area contributed by atoms with Gasteiger partial charge >= 0.3 is 21.1 Å². The number of rotatable bonds is 0. The second kappa shape index (κ2) is 9.35. The van der Waals surface area contributed by atoms with Crippen molar-refractivity contribution in [1.29, 1.82) is 5.26 Å². The van der Waals surface area contributed by atoms with Crippen LogP contribution in [0.3, 0.4) is 0 Å². The summed E-state index contributed by atoms with van der Waals surface area (Å²) in [7, 11) is 0. The average molecular weight is 566 g/mol. The molecule has 0 radical (unpaired) electrons. The maximum Gasteiger partial charge on any atom is 2.00 e. The Morgan fingerprint density at radius 1 is 0.889 bits per heavy atom. The van der Waals surface area contributed by atoms with E-state index in [1.54, 1.807) is 6.07 Å². The first-order chi connectivity index (χ1) is 12.7. The molecule has 2 aromatic heterocycles. The van der Waals surface area contributed by atoms with Crippen LogP contribution in [0.2, 0.25) is 0 Å². The van der Waals surface area contributed by atoms with Crippen molar-refractivity contribution in [3.05, 3.63) is 82.3 Å². The fourth-order valence-electron chi connectivity index (χ4n) is 2.59. The van der Waals surface area contributed by atoms with Gasteiger partial charge in [-0.25, -0.2) is 0 Å². The van der Waals surface area contributed by atoms with Gasteiger partial charge in [0.1, 0.15) is 0 Å². The van der Waals surface area contributed by atoms with Crippen LogP contribution in [0.5, 0.6) is 0 Å². The maximum atomic E-state index is 8.01. The fraction of sp³-hybridized carbons (Fsp3) is 0. The van der Waals surface area contributed by atoms with E-state index in [2.05, 4.69) is 76.5 Å². The van der Waals surface area contributed by atoms with Gasteiger partial charge in [0.15, 0.2) is 0 Å². The summed E-state index contributed by atoms with van der Waals surface area (Å²) in [5.74, 6) is 0. The quantitative estimate of drug-likeness (QED) is 0.135. The Balaban J connectivity index is 0.000000252. The third-order valence-electron chi connectivity index (χ3n) is 3.72. The molecule has 4 aromatic rings. The van der Waals surface area contributed by atoms with Crippen LogP contribution >= 0.6 is 0 Å². The van der Waals surface area contributed by atoms with Gasteiger partial charge in [-0.15, -0.1) is 4.91 Å². The number of fused-ring (bicyclic) bond motifs is 5. The fourth-order valence-corrected chi connectivity index (χ4v) is 2.68. The van der Waals surface area contributed by atoms with Gasteiger partial charge in [-0.2, -0.15) is 5.26 Å². The Bertz CT molecular complexity index is 1150. The standard InChI is InChI=1S/C16H10N2.C4H2N2S2.Pt/c1-3-12-7-5-11-6-8-13-4-2-10-18-16(13)14(11)15(12)17-9-1;1-6-4(8)3(7)2-5;/h1-10H;7-8H;/q;;+2/p-2/b;4-3-;. The van der Waals surface area contributed by atoms with Gasteiger partial charge in [0.05, 0.1) is 23.7 Å². The summed E-state index contributed by atoms with van der Waals surface area (Å²) in [5.41, 5.74) is 2.05. The number of aromatic nitrogens is 2. The molecule has 0 aliphatic rings. The summed E-state index contributed by atoms with van der Waals surface area (Å²) < 4.78 is 0. The number of nitrogens with zero attached hydrogens (tertiary/aromatic N) is 4. The van der Waals surface area contributed by atoms with Gasteiger partial charge in [-0.1, -0.05) is 36.4 Å². The second-order valence-corrected chi connectivity index (χ2v) is 6.03. The van der Waals surface area contributed by atoms with Crippen molar-refractivity contribution in [2.75, 3.05) is 0 Å². The summed E-state index contributed by atoms with van der Waals surface area (Å²) in [5, 5.41) is 12.5. The van der Waals surface area contributed by atoms with Gasteiger partial charge < -0.3 is 25.3 Å². The van der Waals surface area contributed by atoms with Crippen molar-refractivity contribution >= 4 is 57.8 Å². The van der Waals surface area contributed by atoms with Gasteiger partial charge in [0, 0.05) is 33.6 Å². The Hall–Kier alpha value is -2.63. The first kappa shape index (κ1) is 20.7. The van der Waals surface area contributed by atoms with Crippen molar-refractivity contribution in [2.24, 2.45) is 0 Å². The van der Waals surface area contributed by atoms with Crippen molar-refractivity contribution in [2.45, 2.75) is 0 Å². The van der Waals surface area contributed by atoms with E-state index in [4.69, 9.17) is 11.8 Å². The smallest absolute Gasteiger partial charge is 0.812 e. The van der Waals surface area contributed by atoms with Gasteiger partial charge in [-0.3, -0.25) is 14.8 Å². The first-order valence-electron chi connectivity index (χ1n) is 7.52. The van der Waals surface area contributed by atoms with E-state index in [0.717, 1.165) is 27.2 Å². The topological polar surface area (TPSA) is 53.9 Å². The molecule has 0 spiro atoms. The Kier molecular flexibility index (Phi) is 7.16. The van der Waals surface area contributed by atoms with Crippen LogP contribution in [-0.4, -0.2) is 9.97 Å². The summed E-state index contributed by atoms with van der Waals surface area (Å²) in [4.78, 5) is 11.7. The molecule has 132 valence electrons. The molecule has 0 amide bonds. The molecular formula is C20H10N4PtS2. The zero-order chi connectivity index (χ0) is 18.5. The number of allylic oxidation sites excluding steroid dienone is 1. The van der Waals surface area contributed by atoms with Crippen molar-refractivity contribution in [3.8, 4) is 6.07 Å². The third kappa shape index (κ3) is 4.38. The number of hydrogen-bond donors (Lipinski definition) is 0. The summed E-state index contributed by atoms with van der Waals surface area (Å²) in [6.45, 7) is 6.29. The minimum absolute atomic E-state index is 0. The molecule has 0 saturated heterocycles. The van der Waals surface area contributed by atoms with Gasteiger partial charge in [0.25, 0.3) is 0 Å². The molecule has 0 unspecified atom stereocenters. The molecule has 0 atom stereocenters. The van der Waals surface area contributed by atoms with Crippen LogP contribution in [0.1, 0.15) is 0 Å². The Labute approximate surface area is 181 Å². The zero-order valence-electron chi connectivity index (χ0n) is 13.7. The van der Waals surface area contributed by atoms with E-state index in [-0.39, 0.29) is 31.0 Å². The first-order valence-corrected chi connectivity index (χ1v) is 8.34. The third-order valence-corrected chi connectivity index (χ3v) is 4.43. The summed E-state index contributed by atoms with van der Waals surface area (Å²) in [6, 6.07) is 18.2. The summed E-state index contributed by atoms with van der Waals surface area (Å²) >= 11 is 8.72. The van der Waals surface area contributed by atoms with Crippen LogP contribution in [0.15, 0.2) is 70.9 Å². The van der Waals surface area contributed by atoms with E-state index in [1.807, 2.05) is 24.5 Å². The maximum absolute atomic E-state index is 8.01. The van der Waals surface area contributed by atoms with Crippen LogP contribution in [0.4, 0.5) is 0 Å². The molecule has 0 saturated carbocycles. The van der Waals surface area contributed by atoms with Crippen molar-refractivity contribution < 1.29 is 21.1 Å². The van der Waals surface area contributed by atoms with E-state index in [0.29, 0.717) is 0 Å². The molecule has 7 heteroatoms. The predicted octanol–water partition coefficient (Wildman–Crippen LogP) is 4.63. The molecule has 0 aliphatic heterocycles. The molecule has 2 heterocycles. The van der Waals surface area contributed by atoms with E-state index in [1.165, 1.54) is 5.39 Å². The van der Waals surface area contributed by atoms with Gasteiger partial charge in [-0.05, 0) is 17.5 Å². The van der Waals surface area contributed by atoms with E-state index in [9.17, 15) is 0 Å². The summed E-state index contributed by atoms with van der Waals surface area (Å²) in [6.07, 6.45) is 3.67. The van der Waals surface area contributed by atoms with E-state index < -0.39 is 0 Å². The van der Waals surface area contributed by atoms with Gasteiger partial charge in [0.2, 0.25) is 0 Å². The molecule has 0 N–H and O–H groups in total. The largest absolute Gasteiger partial charge is 2.00 e. The van der Waals surface area contributed by atoms with Crippen LogP contribution < -0.4 is 0 Å². The molecule has 0 aliphatic carbocycles. The molecule has 4 rings (SSSR count). The molecule has 4 nitrogen and oxygen atoms in total. The minimum Gasteiger partial charge on any atom is -0.812 e. The van der Waals surface area contributed by atoms with E-state index >= 15 is 0 Å². The molecular weight excluding hydrogens is 555 g/mol. The number of benzene rings is 2. The normalized spacial score (nSPS) is 10.7. The number of hydrogen-bond acceptors (Lipinski definition) is 5. The van der Waals surface area contributed by atoms with Crippen LogP contribution in [0, 0.1) is 17.9 Å². The molecule has 2 aromatic carbocycles. The molecule has 0 fully saturated rings. The second-order valence-electron chi connectivity index (χ2n) is 5.24. The van der Waals surface area contributed by atoms with Crippen LogP contribution in [0.25, 0.3) is 37.4 Å². The Morgan fingerprint density at radius 3 is 1.78 bits per heavy atom. The monoisotopic (exact) mass is 565 g/mol. The molecule has 0 bridgehead atoms. The average Bonchev–Trinajstić information content (AvgIpc) is 2.72.